The fourth-order valence-corrected chi connectivity index (χ4v) is 8.03. The van der Waals surface area contributed by atoms with Gasteiger partial charge in [0, 0.05) is 29.0 Å². The lowest BCUT2D eigenvalue weighted by Gasteiger charge is -2.47. The number of anilines is 3. The molecule has 10 heteroatoms. The van der Waals surface area contributed by atoms with E-state index in [-0.39, 0.29) is 23.0 Å². The molecular formula is C38H39N5O4S. The first kappa shape index (κ1) is 31.6. The summed E-state index contributed by atoms with van der Waals surface area (Å²) < 4.78 is 7.13. The molecule has 9 nitrogen and oxygen atoms in total. The number of urea groups is 1. The molecule has 5 aromatic rings. The van der Waals surface area contributed by atoms with Crippen molar-refractivity contribution in [2.24, 2.45) is 0 Å². The van der Waals surface area contributed by atoms with E-state index in [0.717, 1.165) is 46.3 Å². The topological polar surface area (TPSA) is 108 Å². The van der Waals surface area contributed by atoms with Crippen molar-refractivity contribution in [3.05, 3.63) is 95.2 Å². The zero-order chi connectivity index (χ0) is 33.6. The summed E-state index contributed by atoms with van der Waals surface area (Å²) >= 11 is 1.44. The molecule has 2 aliphatic heterocycles. The van der Waals surface area contributed by atoms with Gasteiger partial charge in [-0.05, 0) is 99.0 Å². The van der Waals surface area contributed by atoms with E-state index in [2.05, 4.69) is 66.1 Å². The fourth-order valence-electron chi connectivity index (χ4n) is 7.18. The van der Waals surface area contributed by atoms with Crippen LogP contribution in [0.1, 0.15) is 66.7 Å². The minimum atomic E-state index is -1.16. The molecule has 0 saturated heterocycles. The van der Waals surface area contributed by atoms with Crippen LogP contribution in [0.3, 0.4) is 0 Å². The highest BCUT2D eigenvalue weighted by Crippen LogP contribution is 2.43. The van der Waals surface area contributed by atoms with E-state index in [0.29, 0.717) is 36.4 Å². The van der Waals surface area contributed by atoms with Crippen LogP contribution in [0.25, 0.3) is 21.5 Å². The molecule has 0 aliphatic carbocycles. The minimum absolute atomic E-state index is 0.0765. The number of benzene rings is 3. The summed E-state index contributed by atoms with van der Waals surface area (Å²) in [4.78, 5) is 39.1. The Morgan fingerprint density at radius 3 is 2.69 bits per heavy atom. The number of carboxylic acids is 1. The normalized spacial score (nSPS) is 16.7. The lowest BCUT2D eigenvalue weighted by Crippen LogP contribution is -2.50. The van der Waals surface area contributed by atoms with Crippen molar-refractivity contribution in [1.82, 2.24) is 9.97 Å². The van der Waals surface area contributed by atoms with Crippen molar-refractivity contribution < 1.29 is 19.4 Å². The van der Waals surface area contributed by atoms with E-state index >= 15 is 0 Å². The summed E-state index contributed by atoms with van der Waals surface area (Å²) in [5.41, 5.74) is 7.42. The van der Waals surface area contributed by atoms with Gasteiger partial charge in [-0.1, -0.05) is 54.7 Å². The van der Waals surface area contributed by atoms with Crippen molar-refractivity contribution in [1.29, 1.82) is 0 Å². The van der Waals surface area contributed by atoms with Gasteiger partial charge in [0.2, 0.25) is 0 Å². The van der Waals surface area contributed by atoms with Crippen LogP contribution in [0.5, 0.6) is 5.75 Å². The molecule has 0 bridgehead atoms. The van der Waals surface area contributed by atoms with Crippen molar-refractivity contribution in [3.8, 4) is 17.0 Å². The number of hydrogen-bond acceptors (Lipinski definition) is 7. The number of para-hydroxylation sites is 1. The molecule has 0 radical (unpaired) electrons. The van der Waals surface area contributed by atoms with Crippen LogP contribution in [0.15, 0.2) is 72.8 Å². The van der Waals surface area contributed by atoms with Gasteiger partial charge in [-0.3, -0.25) is 10.2 Å². The van der Waals surface area contributed by atoms with Crippen molar-refractivity contribution in [2.45, 2.75) is 58.4 Å². The Morgan fingerprint density at radius 2 is 1.88 bits per heavy atom. The summed E-state index contributed by atoms with van der Waals surface area (Å²) in [6, 6.07) is 23.5. The number of rotatable bonds is 7. The molecule has 0 saturated carbocycles. The third-order valence-corrected chi connectivity index (χ3v) is 10.4. The van der Waals surface area contributed by atoms with Crippen molar-refractivity contribution in [2.75, 3.05) is 34.8 Å². The Hall–Kier alpha value is -4.96. The van der Waals surface area contributed by atoms with Gasteiger partial charge in [0.05, 0.1) is 22.5 Å². The standard InChI is InChI=1S/C38H39N5O4S/c1-23-11-14-27-24(2)22-38(3,4)43(31(27)20-23)18-19-47-32-16-15-28(39-34(32)35(44)45)26-13-12-25-8-7-17-42(30(25)21-26)37(46)41-36-40-29-9-5-6-10-33(29)48-36/h5-6,9-16,20-21,24H,7-8,17-19,22H2,1-4H3,(H,44,45)(H,40,41,46)/t24-/m1/s1. The van der Waals surface area contributed by atoms with E-state index in [1.54, 1.807) is 17.0 Å². The highest BCUT2D eigenvalue weighted by Gasteiger charge is 2.36. The van der Waals surface area contributed by atoms with E-state index < -0.39 is 5.97 Å². The zero-order valence-electron chi connectivity index (χ0n) is 27.6. The average molecular weight is 662 g/mol. The van der Waals surface area contributed by atoms with E-state index in [9.17, 15) is 14.7 Å². The molecule has 246 valence electrons. The van der Waals surface area contributed by atoms with Crippen LogP contribution in [0.4, 0.5) is 21.3 Å². The summed E-state index contributed by atoms with van der Waals surface area (Å²) in [5, 5.41) is 13.7. The molecule has 2 aliphatic rings. The first-order chi connectivity index (χ1) is 23.1. The SMILES string of the molecule is Cc1ccc2c(c1)N(CCOc1ccc(-c3ccc4c(c3)N(C(=O)Nc3nc5ccccc5s3)CCC4)nc1C(=O)O)C(C)(C)C[C@H]2C. The molecule has 0 unspecified atom stereocenters. The van der Waals surface area contributed by atoms with Gasteiger partial charge in [-0.15, -0.1) is 0 Å². The fraction of sp³-hybridized carbons (Fsp3) is 0.316. The quantitative estimate of drug-likeness (QED) is 0.180. The van der Waals surface area contributed by atoms with Gasteiger partial charge in [-0.25, -0.2) is 19.6 Å². The molecule has 1 atom stereocenters. The van der Waals surface area contributed by atoms with Gasteiger partial charge in [-0.2, -0.15) is 0 Å². The molecule has 0 fully saturated rings. The molecule has 0 spiro atoms. The van der Waals surface area contributed by atoms with Gasteiger partial charge in [0.15, 0.2) is 16.6 Å². The van der Waals surface area contributed by atoms with Crippen LogP contribution < -0.4 is 19.9 Å². The Morgan fingerprint density at radius 1 is 1.04 bits per heavy atom. The van der Waals surface area contributed by atoms with Gasteiger partial charge >= 0.3 is 12.0 Å². The van der Waals surface area contributed by atoms with E-state index in [1.807, 2.05) is 42.5 Å². The Kier molecular flexibility index (Phi) is 8.29. The molecular weight excluding hydrogens is 623 g/mol. The Labute approximate surface area is 284 Å². The second-order valence-electron chi connectivity index (χ2n) is 13.3. The summed E-state index contributed by atoms with van der Waals surface area (Å²) in [5.74, 6) is -0.477. The number of ether oxygens (including phenoxy) is 1. The number of aromatic carboxylic acids is 1. The number of amides is 2. The third-order valence-electron chi connectivity index (χ3n) is 9.43. The van der Waals surface area contributed by atoms with Crippen molar-refractivity contribution >= 4 is 50.1 Å². The number of fused-ring (bicyclic) bond motifs is 3. The number of carboxylic acid groups (broad SMARTS) is 1. The monoisotopic (exact) mass is 661 g/mol. The molecule has 48 heavy (non-hydrogen) atoms. The maximum atomic E-state index is 13.5. The van der Waals surface area contributed by atoms with Crippen molar-refractivity contribution in [3.63, 3.8) is 0 Å². The average Bonchev–Trinajstić information content (AvgIpc) is 3.47. The third kappa shape index (κ3) is 6.08. The Bertz CT molecular complexity index is 2010. The summed E-state index contributed by atoms with van der Waals surface area (Å²) in [6.45, 7) is 10.4. The van der Waals surface area contributed by atoms with E-state index in [4.69, 9.17) is 4.74 Å². The first-order valence-electron chi connectivity index (χ1n) is 16.4. The number of carbonyl (C=O) groups excluding carboxylic acids is 1. The minimum Gasteiger partial charge on any atom is -0.489 e. The number of nitrogens with one attached hydrogen (secondary N) is 1. The second-order valence-corrected chi connectivity index (χ2v) is 14.4. The number of thiazole rings is 1. The van der Waals surface area contributed by atoms with Crippen LogP contribution in [-0.4, -0.2) is 52.3 Å². The molecule has 2 N–H and O–H groups in total. The molecule has 4 heterocycles. The summed E-state index contributed by atoms with van der Waals surface area (Å²) in [6.07, 6.45) is 2.70. The molecule has 2 aromatic heterocycles. The largest absolute Gasteiger partial charge is 0.489 e. The van der Waals surface area contributed by atoms with Crippen LogP contribution in [0.2, 0.25) is 0 Å². The second kappa shape index (κ2) is 12.6. The van der Waals surface area contributed by atoms with Crippen LogP contribution in [0, 0.1) is 6.92 Å². The number of hydrogen-bond donors (Lipinski definition) is 2. The lowest BCUT2D eigenvalue weighted by molar-refractivity contribution is 0.0685. The number of pyridine rings is 1. The smallest absolute Gasteiger partial charge is 0.358 e. The lowest BCUT2D eigenvalue weighted by atomic mass is 9.80. The summed E-state index contributed by atoms with van der Waals surface area (Å²) in [7, 11) is 0. The number of nitrogens with zero attached hydrogens (tertiary/aromatic N) is 4. The maximum absolute atomic E-state index is 13.5. The predicted octanol–water partition coefficient (Wildman–Crippen LogP) is 8.52. The molecule has 7 rings (SSSR count). The van der Waals surface area contributed by atoms with Gasteiger partial charge in [0.25, 0.3) is 0 Å². The van der Waals surface area contributed by atoms with Crippen LogP contribution >= 0.6 is 11.3 Å². The molecule has 3 aromatic carbocycles. The number of aryl methyl sites for hydroxylation is 2. The zero-order valence-corrected chi connectivity index (χ0v) is 28.4. The number of aromatic nitrogens is 2. The highest BCUT2D eigenvalue weighted by atomic mass is 32.1. The maximum Gasteiger partial charge on any atom is 0.358 e. The van der Waals surface area contributed by atoms with Crippen LogP contribution in [-0.2, 0) is 6.42 Å². The van der Waals surface area contributed by atoms with Gasteiger partial charge < -0.3 is 14.7 Å². The molecule has 2 amide bonds. The Balaban J connectivity index is 1.10. The highest BCUT2D eigenvalue weighted by molar-refractivity contribution is 7.22. The van der Waals surface area contributed by atoms with Gasteiger partial charge in [0.1, 0.15) is 6.61 Å². The van der Waals surface area contributed by atoms with E-state index in [1.165, 1.54) is 28.2 Å². The number of carbonyl (C=O) groups is 2. The predicted molar refractivity (Wildman–Crippen MR) is 192 cm³/mol. The first-order valence-corrected chi connectivity index (χ1v) is 17.2.